The standard InChI is InChI=1S/C20H22N2O4/c1-26-20(25)16-11-6-10-15(13-16)19(24)22-17(18(21)23)12-5-9-14-7-3-2-4-8-14/h2-4,6-8,10-11,13,17H,5,9,12H2,1H3,(H2,21,23)(H,22,24)/t17-/m0/s1. The molecule has 6 nitrogen and oxygen atoms in total. The monoisotopic (exact) mass is 354 g/mol. The summed E-state index contributed by atoms with van der Waals surface area (Å²) >= 11 is 0. The van der Waals surface area contributed by atoms with Crippen LogP contribution in [0.15, 0.2) is 54.6 Å². The number of amides is 2. The molecule has 136 valence electrons. The van der Waals surface area contributed by atoms with E-state index in [1.54, 1.807) is 18.2 Å². The first kappa shape index (κ1) is 19.2. The summed E-state index contributed by atoms with van der Waals surface area (Å²) in [4.78, 5) is 35.6. The van der Waals surface area contributed by atoms with Gasteiger partial charge in [0, 0.05) is 5.56 Å². The molecule has 2 amide bonds. The predicted octanol–water partition coefficient (Wildman–Crippen LogP) is 2.08. The lowest BCUT2D eigenvalue weighted by Gasteiger charge is -2.15. The number of carbonyl (C=O) groups excluding carboxylic acids is 3. The van der Waals surface area contributed by atoms with E-state index < -0.39 is 23.8 Å². The van der Waals surface area contributed by atoms with E-state index in [4.69, 9.17) is 5.73 Å². The molecular formula is C20H22N2O4. The summed E-state index contributed by atoms with van der Waals surface area (Å²) in [5.74, 6) is -1.58. The van der Waals surface area contributed by atoms with Crippen LogP contribution in [0.2, 0.25) is 0 Å². The summed E-state index contributed by atoms with van der Waals surface area (Å²) in [5.41, 5.74) is 7.10. The summed E-state index contributed by atoms with van der Waals surface area (Å²) in [7, 11) is 1.27. The van der Waals surface area contributed by atoms with E-state index in [0.29, 0.717) is 12.8 Å². The lowest BCUT2D eigenvalue weighted by Crippen LogP contribution is -2.44. The van der Waals surface area contributed by atoms with Crippen LogP contribution in [-0.2, 0) is 16.0 Å². The summed E-state index contributed by atoms with van der Waals surface area (Å²) in [6.45, 7) is 0. The minimum absolute atomic E-state index is 0.264. The second-order valence-electron chi connectivity index (χ2n) is 5.88. The van der Waals surface area contributed by atoms with Gasteiger partial charge >= 0.3 is 5.97 Å². The number of methoxy groups -OCH3 is 1. The number of aryl methyl sites for hydroxylation is 1. The SMILES string of the molecule is COC(=O)c1cccc(C(=O)N[C@@H](CCCc2ccccc2)C(N)=O)c1. The number of nitrogens with one attached hydrogen (secondary N) is 1. The Morgan fingerprint density at radius 2 is 1.73 bits per heavy atom. The Morgan fingerprint density at radius 1 is 1.04 bits per heavy atom. The molecule has 0 spiro atoms. The number of esters is 1. The number of carbonyl (C=O) groups is 3. The third kappa shape index (κ3) is 5.44. The van der Waals surface area contributed by atoms with Crippen molar-refractivity contribution in [1.82, 2.24) is 5.32 Å². The predicted molar refractivity (Wildman–Crippen MR) is 97.6 cm³/mol. The molecule has 0 radical (unpaired) electrons. The molecule has 1 atom stereocenters. The van der Waals surface area contributed by atoms with E-state index in [1.165, 1.54) is 13.2 Å². The fraction of sp³-hybridized carbons (Fsp3) is 0.250. The Balaban J connectivity index is 1.97. The van der Waals surface area contributed by atoms with E-state index in [0.717, 1.165) is 12.0 Å². The van der Waals surface area contributed by atoms with Crippen LogP contribution in [0.5, 0.6) is 0 Å². The van der Waals surface area contributed by atoms with E-state index in [2.05, 4.69) is 10.1 Å². The van der Waals surface area contributed by atoms with Crippen LogP contribution in [0.1, 0.15) is 39.1 Å². The first-order valence-electron chi connectivity index (χ1n) is 8.33. The Morgan fingerprint density at radius 3 is 2.38 bits per heavy atom. The van der Waals surface area contributed by atoms with E-state index >= 15 is 0 Å². The molecule has 0 fully saturated rings. The molecule has 3 N–H and O–H groups in total. The third-order valence-corrected chi connectivity index (χ3v) is 4.00. The van der Waals surface area contributed by atoms with Gasteiger partial charge < -0.3 is 15.8 Å². The molecule has 0 aliphatic rings. The van der Waals surface area contributed by atoms with Crippen molar-refractivity contribution in [3.8, 4) is 0 Å². The summed E-state index contributed by atoms with van der Waals surface area (Å²) < 4.78 is 4.64. The molecular weight excluding hydrogens is 332 g/mol. The average Bonchev–Trinajstić information content (AvgIpc) is 2.67. The topological polar surface area (TPSA) is 98.5 Å². The van der Waals surface area contributed by atoms with Crippen LogP contribution in [0.3, 0.4) is 0 Å². The smallest absolute Gasteiger partial charge is 0.337 e. The molecule has 26 heavy (non-hydrogen) atoms. The molecule has 2 rings (SSSR count). The number of ether oxygens (including phenoxy) is 1. The van der Waals surface area contributed by atoms with Crippen molar-refractivity contribution < 1.29 is 19.1 Å². The highest BCUT2D eigenvalue weighted by Gasteiger charge is 2.19. The molecule has 6 heteroatoms. The fourth-order valence-electron chi connectivity index (χ4n) is 2.59. The molecule has 2 aromatic rings. The van der Waals surface area contributed by atoms with Crippen molar-refractivity contribution >= 4 is 17.8 Å². The Hall–Kier alpha value is -3.15. The number of rotatable bonds is 8. The minimum atomic E-state index is -0.770. The van der Waals surface area contributed by atoms with Crippen LogP contribution in [0, 0.1) is 0 Å². The normalized spacial score (nSPS) is 11.4. The van der Waals surface area contributed by atoms with Gasteiger partial charge in [-0.3, -0.25) is 9.59 Å². The summed E-state index contributed by atoms with van der Waals surface area (Å²) in [6.07, 6.45) is 1.94. The Bertz CT molecular complexity index is 774. The molecule has 0 saturated heterocycles. The van der Waals surface area contributed by atoms with Crippen molar-refractivity contribution in [2.75, 3.05) is 7.11 Å². The molecule has 0 aromatic heterocycles. The van der Waals surface area contributed by atoms with Crippen molar-refractivity contribution in [2.45, 2.75) is 25.3 Å². The molecule has 0 bridgehead atoms. The number of nitrogens with two attached hydrogens (primary N) is 1. The first-order valence-corrected chi connectivity index (χ1v) is 8.33. The van der Waals surface area contributed by atoms with Gasteiger partial charge in [-0.1, -0.05) is 36.4 Å². The summed E-state index contributed by atoms with van der Waals surface area (Å²) in [6, 6.07) is 15.2. The lowest BCUT2D eigenvalue weighted by molar-refractivity contribution is -0.120. The molecule has 0 heterocycles. The van der Waals surface area contributed by atoms with Gasteiger partial charge in [0.25, 0.3) is 5.91 Å². The number of primary amides is 1. The quantitative estimate of drug-likeness (QED) is 0.709. The first-order chi connectivity index (χ1) is 12.5. The second-order valence-corrected chi connectivity index (χ2v) is 5.88. The molecule has 0 unspecified atom stereocenters. The van der Waals surface area contributed by atoms with Crippen molar-refractivity contribution in [2.24, 2.45) is 5.73 Å². The van der Waals surface area contributed by atoms with E-state index in [-0.39, 0.29) is 11.1 Å². The van der Waals surface area contributed by atoms with Gasteiger partial charge in [-0.2, -0.15) is 0 Å². The van der Waals surface area contributed by atoms with Gasteiger partial charge in [0.05, 0.1) is 12.7 Å². The number of benzene rings is 2. The van der Waals surface area contributed by atoms with Crippen LogP contribution < -0.4 is 11.1 Å². The maximum atomic E-state index is 12.4. The van der Waals surface area contributed by atoms with Crippen molar-refractivity contribution in [1.29, 1.82) is 0 Å². The van der Waals surface area contributed by atoms with Gasteiger partial charge in [-0.25, -0.2) is 4.79 Å². The van der Waals surface area contributed by atoms with Gasteiger partial charge in [-0.15, -0.1) is 0 Å². The average molecular weight is 354 g/mol. The van der Waals surface area contributed by atoms with E-state index in [1.807, 2.05) is 30.3 Å². The molecule has 2 aromatic carbocycles. The highest BCUT2D eigenvalue weighted by molar-refractivity contribution is 5.99. The zero-order chi connectivity index (χ0) is 18.9. The maximum absolute atomic E-state index is 12.4. The maximum Gasteiger partial charge on any atom is 0.337 e. The van der Waals surface area contributed by atoms with Gasteiger partial charge in [0.2, 0.25) is 5.91 Å². The van der Waals surface area contributed by atoms with Crippen LogP contribution >= 0.6 is 0 Å². The molecule has 0 aliphatic carbocycles. The number of hydrogen-bond acceptors (Lipinski definition) is 4. The van der Waals surface area contributed by atoms with Crippen LogP contribution in [-0.4, -0.2) is 30.9 Å². The molecule has 0 aliphatic heterocycles. The van der Waals surface area contributed by atoms with Crippen LogP contribution in [0.4, 0.5) is 0 Å². The zero-order valence-corrected chi connectivity index (χ0v) is 14.6. The molecule has 0 saturated carbocycles. The highest BCUT2D eigenvalue weighted by Crippen LogP contribution is 2.10. The second kappa shape index (κ2) is 9.36. The van der Waals surface area contributed by atoms with E-state index in [9.17, 15) is 14.4 Å². The largest absolute Gasteiger partial charge is 0.465 e. The van der Waals surface area contributed by atoms with Crippen LogP contribution in [0.25, 0.3) is 0 Å². The lowest BCUT2D eigenvalue weighted by atomic mass is 10.0. The summed E-state index contributed by atoms with van der Waals surface area (Å²) in [5, 5.41) is 2.64. The van der Waals surface area contributed by atoms with Gasteiger partial charge in [-0.05, 0) is 43.0 Å². The Labute approximate surface area is 152 Å². The zero-order valence-electron chi connectivity index (χ0n) is 14.6. The van der Waals surface area contributed by atoms with Crippen molar-refractivity contribution in [3.63, 3.8) is 0 Å². The highest BCUT2D eigenvalue weighted by atomic mass is 16.5. The number of hydrogen-bond donors (Lipinski definition) is 2. The third-order valence-electron chi connectivity index (χ3n) is 4.00. The van der Waals surface area contributed by atoms with Crippen molar-refractivity contribution in [3.05, 3.63) is 71.3 Å². The minimum Gasteiger partial charge on any atom is -0.465 e. The fourth-order valence-corrected chi connectivity index (χ4v) is 2.59. The Kier molecular flexibility index (Phi) is 6.91. The van der Waals surface area contributed by atoms with Gasteiger partial charge in [0.15, 0.2) is 0 Å². The van der Waals surface area contributed by atoms with Gasteiger partial charge in [0.1, 0.15) is 6.04 Å².